The number of hydrogen-bond donors (Lipinski definition) is 3. The molecule has 9 nitrogen and oxygen atoms in total. The SMILES string of the molecule is C=CC1=C(C)\C(C)=C\C(=N)C(C)C(CCC(=O)OCC=CC)/C(C)=C2/c3[nH]c(c(C)c3C(=O)C2C(=O)OC)/C=C2N=C(\C=C\1N)C(C)=C\2CC. The fraction of sp³-hybridized carbons (Fsp3) is 0.390. The van der Waals surface area contributed by atoms with Gasteiger partial charge in [0, 0.05) is 40.6 Å². The van der Waals surface area contributed by atoms with Crippen LogP contribution in [0.15, 0.2) is 86.8 Å². The lowest BCUT2D eigenvalue weighted by atomic mass is 9.77. The predicted octanol–water partition coefficient (Wildman–Crippen LogP) is 8.08. The van der Waals surface area contributed by atoms with Gasteiger partial charge < -0.3 is 25.6 Å². The molecular formula is C41H50N4O5. The quantitative estimate of drug-likeness (QED) is 0.144. The highest BCUT2D eigenvalue weighted by Crippen LogP contribution is 2.46. The molecule has 0 saturated heterocycles. The molecule has 0 amide bonds. The fourth-order valence-electron chi connectivity index (χ4n) is 7.16. The molecule has 264 valence electrons. The van der Waals surface area contributed by atoms with Crippen molar-refractivity contribution in [2.75, 3.05) is 13.7 Å². The Balaban J connectivity index is 2.05. The van der Waals surface area contributed by atoms with Crippen molar-refractivity contribution < 1.29 is 23.9 Å². The number of carbonyl (C=O) groups excluding carboxylic acids is 3. The Bertz CT molecular complexity index is 1900. The smallest absolute Gasteiger partial charge is 0.321 e. The number of esters is 2. The van der Waals surface area contributed by atoms with E-state index in [2.05, 4.69) is 18.5 Å². The van der Waals surface area contributed by atoms with E-state index in [0.29, 0.717) is 45.9 Å². The maximum absolute atomic E-state index is 14.1. The summed E-state index contributed by atoms with van der Waals surface area (Å²) in [7, 11) is 1.28. The molecule has 0 aromatic carbocycles. The fourth-order valence-corrected chi connectivity index (χ4v) is 7.16. The van der Waals surface area contributed by atoms with Crippen molar-refractivity contribution in [3.8, 4) is 0 Å². The van der Waals surface area contributed by atoms with E-state index in [1.54, 1.807) is 12.2 Å². The van der Waals surface area contributed by atoms with Crippen LogP contribution in [0.25, 0.3) is 11.6 Å². The molecule has 4 bridgehead atoms. The van der Waals surface area contributed by atoms with Crippen molar-refractivity contribution in [3.63, 3.8) is 0 Å². The second kappa shape index (κ2) is 15.7. The van der Waals surface area contributed by atoms with Crippen LogP contribution in [0.3, 0.4) is 0 Å². The van der Waals surface area contributed by atoms with Crippen molar-refractivity contribution in [3.05, 3.63) is 104 Å². The Morgan fingerprint density at radius 2 is 1.82 bits per heavy atom. The number of carbonyl (C=O) groups is 3. The lowest BCUT2D eigenvalue weighted by Crippen LogP contribution is -2.26. The first-order chi connectivity index (χ1) is 23.7. The molecule has 0 fully saturated rings. The summed E-state index contributed by atoms with van der Waals surface area (Å²) in [5, 5.41) is 9.27. The molecule has 3 atom stereocenters. The highest BCUT2D eigenvalue weighted by molar-refractivity contribution is 6.24. The summed E-state index contributed by atoms with van der Waals surface area (Å²) in [6, 6.07) is 0. The van der Waals surface area contributed by atoms with Crippen LogP contribution in [0.2, 0.25) is 0 Å². The number of aliphatic imine (C=N–C) groups is 1. The first-order valence-electron chi connectivity index (χ1n) is 17.1. The Kier molecular flexibility index (Phi) is 11.8. The van der Waals surface area contributed by atoms with Gasteiger partial charge in [0.05, 0.1) is 24.2 Å². The Labute approximate surface area is 295 Å². The van der Waals surface area contributed by atoms with Gasteiger partial charge in [0.15, 0.2) is 5.78 Å². The summed E-state index contributed by atoms with van der Waals surface area (Å²) in [6.07, 6.45) is 12.1. The van der Waals surface area contributed by atoms with Gasteiger partial charge in [0.25, 0.3) is 0 Å². The molecular weight excluding hydrogens is 628 g/mol. The molecule has 4 rings (SSSR count). The lowest BCUT2D eigenvalue weighted by molar-refractivity contribution is -0.143. The van der Waals surface area contributed by atoms with Gasteiger partial charge in [0.1, 0.15) is 12.5 Å². The number of ketones is 1. The van der Waals surface area contributed by atoms with E-state index in [4.69, 9.17) is 20.2 Å². The van der Waals surface area contributed by atoms with Crippen molar-refractivity contribution in [2.24, 2.45) is 28.5 Å². The maximum Gasteiger partial charge on any atom is 0.321 e. The number of rotatable bonds is 8. The van der Waals surface area contributed by atoms with E-state index in [-0.39, 0.29) is 24.8 Å². The molecule has 4 N–H and O–H groups in total. The predicted molar refractivity (Wildman–Crippen MR) is 201 cm³/mol. The molecule has 3 unspecified atom stereocenters. The van der Waals surface area contributed by atoms with E-state index < -0.39 is 23.7 Å². The lowest BCUT2D eigenvalue weighted by Gasteiger charge is -2.27. The van der Waals surface area contributed by atoms with E-state index in [9.17, 15) is 19.8 Å². The molecule has 1 aliphatic carbocycles. The van der Waals surface area contributed by atoms with Gasteiger partial charge in [-0.2, -0.15) is 0 Å². The minimum absolute atomic E-state index is 0.0879. The number of H-pyrrole nitrogens is 1. The molecule has 50 heavy (non-hydrogen) atoms. The third-order valence-corrected chi connectivity index (χ3v) is 10.3. The zero-order chi connectivity index (χ0) is 37.0. The van der Waals surface area contributed by atoms with E-state index in [1.165, 1.54) is 7.11 Å². The van der Waals surface area contributed by atoms with Crippen molar-refractivity contribution in [1.29, 1.82) is 5.41 Å². The van der Waals surface area contributed by atoms with Crippen molar-refractivity contribution in [1.82, 2.24) is 4.98 Å². The first-order valence-corrected chi connectivity index (χ1v) is 17.1. The van der Waals surface area contributed by atoms with Gasteiger partial charge in [-0.3, -0.25) is 14.4 Å². The van der Waals surface area contributed by atoms with Crippen LogP contribution in [-0.2, 0) is 19.1 Å². The third kappa shape index (κ3) is 7.13. The second-order valence-electron chi connectivity index (χ2n) is 13.1. The number of aromatic amines is 1. The Hall–Kier alpha value is -5.05. The van der Waals surface area contributed by atoms with Gasteiger partial charge in [-0.1, -0.05) is 44.2 Å². The molecule has 0 saturated carbocycles. The molecule has 1 aromatic heterocycles. The van der Waals surface area contributed by atoms with Crippen LogP contribution >= 0.6 is 0 Å². The van der Waals surface area contributed by atoms with Gasteiger partial charge in [0.2, 0.25) is 0 Å². The normalized spacial score (nSPS) is 27.6. The van der Waals surface area contributed by atoms with Gasteiger partial charge in [-0.05, 0) is 112 Å². The maximum atomic E-state index is 14.1. The number of ether oxygens (including phenoxy) is 2. The molecule has 2 aliphatic heterocycles. The average molecular weight is 679 g/mol. The summed E-state index contributed by atoms with van der Waals surface area (Å²) in [5.41, 5.74) is 17.2. The van der Waals surface area contributed by atoms with Crippen LogP contribution < -0.4 is 5.73 Å². The van der Waals surface area contributed by atoms with Crippen LogP contribution in [0, 0.1) is 30.1 Å². The molecule has 1 aromatic rings. The number of fused-ring (bicyclic) bond motifs is 2. The van der Waals surface area contributed by atoms with Crippen LogP contribution in [-0.4, -0.2) is 47.8 Å². The number of nitrogens with one attached hydrogen (secondary N) is 2. The largest absolute Gasteiger partial charge is 0.468 e. The van der Waals surface area contributed by atoms with Gasteiger partial charge in [-0.15, -0.1) is 0 Å². The average Bonchev–Trinajstić information content (AvgIpc) is 3.67. The zero-order valence-electron chi connectivity index (χ0n) is 30.8. The summed E-state index contributed by atoms with van der Waals surface area (Å²) >= 11 is 0. The highest BCUT2D eigenvalue weighted by Gasteiger charge is 2.46. The number of allylic oxidation sites excluding steroid dienone is 9. The first kappa shape index (κ1) is 37.8. The Morgan fingerprint density at radius 1 is 1.12 bits per heavy atom. The number of nitrogens with two attached hydrogens (primary N) is 1. The van der Waals surface area contributed by atoms with Gasteiger partial charge in [-0.25, -0.2) is 4.99 Å². The minimum atomic E-state index is -1.17. The molecule has 0 radical (unpaired) electrons. The van der Waals surface area contributed by atoms with Crippen LogP contribution in [0.4, 0.5) is 0 Å². The monoisotopic (exact) mass is 678 g/mol. The van der Waals surface area contributed by atoms with Crippen LogP contribution in [0.5, 0.6) is 0 Å². The molecule has 9 heteroatoms. The Morgan fingerprint density at radius 3 is 2.44 bits per heavy atom. The zero-order valence-corrected chi connectivity index (χ0v) is 30.8. The second-order valence-corrected chi connectivity index (χ2v) is 13.1. The molecule has 3 heterocycles. The third-order valence-electron chi connectivity index (χ3n) is 10.3. The van der Waals surface area contributed by atoms with Gasteiger partial charge >= 0.3 is 11.9 Å². The number of hydrogen-bond acceptors (Lipinski definition) is 8. The topological polar surface area (TPSA) is 148 Å². The van der Waals surface area contributed by atoms with Crippen molar-refractivity contribution >= 4 is 40.8 Å². The molecule has 3 aliphatic rings. The minimum Gasteiger partial charge on any atom is -0.468 e. The summed E-state index contributed by atoms with van der Waals surface area (Å²) in [4.78, 5) is 48.8. The van der Waals surface area contributed by atoms with Crippen LogP contribution in [0.1, 0.15) is 95.0 Å². The standard InChI is InChI=1S/C41H50N4O5/c1-11-14-17-50-35(46)16-15-29-23(6)30(42)18-21(4)22(5)27(12-2)31(43)19-32-24(7)28(13-3)34(44-32)20-33-26(9)37-39(45-33)36(25(29)8)38(40(37)47)41(48)49-10/h11-12,14,18-20,23,29,38,42,45H,2,13,15-17,43H2,1,3-10H3/b14-11?,21-18+,27-22+,31-19-,34-20-,36-25+,42-30?. The van der Waals surface area contributed by atoms with Crippen molar-refractivity contribution in [2.45, 2.75) is 74.7 Å². The summed E-state index contributed by atoms with van der Waals surface area (Å²) < 4.78 is 10.6. The van der Waals surface area contributed by atoms with E-state index in [1.807, 2.05) is 72.8 Å². The number of Topliss-reactive ketones (excluding diaryl/α,β-unsaturated/α-hetero) is 1. The number of aromatic nitrogens is 1. The number of methoxy groups -OCH3 is 1. The molecule has 0 spiro atoms. The van der Waals surface area contributed by atoms with E-state index in [0.717, 1.165) is 51.3 Å². The van der Waals surface area contributed by atoms with E-state index >= 15 is 0 Å². The number of nitrogens with zero attached hydrogens (tertiary/aromatic N) is 1. The summed E-state index contributed by atoms with van der Waals surface area (Å²) in [6.45, 7) is 19.7. The highest BCUT2D eigenvalue weighted by atomic mass is 16.5. The summed E-state index contributed by atoms with van der Waals surface area (Å²) in [5.74, 6) is -3.36.